The molecular formula is C12H18N2. The smallest absolute Gasteiger partial charge is 0.0580 e. The highest BCUT2D eigenvalue weighted by Crippen LogP contribution is 2.02. The minimum absolute atomic E-state index is 0.805. The van der Waals surface area contributed by atoms with Crippen LogP contribution in [0.5, 0.6) is 0 Å². The third kappa shape index (κ3) is 3.60. The molecule has 0 radical (unpaired) electrons. The van der Waals surface area contributed by atoms with E-state index in [1.807, 2.05) is 6.92 Å². The Bertz CT molecular complexity index is 316. The van der Waals surface area contributed by atoms with Gasteiger partial charge < -0.3 is 5.43 Å². The molecule has 0 aliphatic heterocycles. The molecule has 0 fully saturated rings. The fourth-order valence-corrected chi connectivity index (χ4v) is 1.17. The molecule has 14 heavy (non-hydrogen) atoms. The number of rotatable bonds is 4. The molecule has 1 rings (SSSR count). The lowest BCUT2D eigenvalue weighted by Crippen LogP contribution is -2.08. The number of benzene rings is 1. The van der Waals surface area contributed by atoms with Gasteiger partial charge in [-0.3, -0.25) is 0 Å². The van der Waals surface area contributed by atoms with Crippen molar-refractivity contribution in [1.82, 2.24) is 5.43 Å². The fraction of sp³-hybridized carbons (Fsp3) is 0.417. The van der Waals surface area contributed by atoms with E-state index in [-0.39, 0.29) is 0 Å². The number of hydrogen-bond donors (Lipinski definition) is 1. The highest BCUT2D eigenvalue weighted by Gasteiger charge is 1.91. The van der Waals surface area contributed by atoms with Crippen LogP contribution in [0.4, 0.5) is 0 Å². The first-order chi connectivity index (χ1) is 6.72. The summed E-state index contributed by atoms with van der Waals surface area (Å²) in [7, 11) is 0. The summed E-state index contributed by atoms with van der Waals surface area (Å²) >= 11 is 0. The molecule has 0 saturated carbocycles. The molecule has 1 aromatic carbocycles. The predicted octanol–water partition coefficient (Wildman–Crippen LogP) is 2.87. The monoisotopic (exact) mass is 190 g/mol. The van der Waals surface area contributed by atoms with Crippen molar-refractivity contribution in [3.63, 3.8) is 0 Å². The van der Waals surface area contributed by atoms with Gasteiger partial charge >= 0.3 is 0 Å². The molecule has 0 aliphatic carbocycles. The third-order valence-corrected chi connectivity index (χ3v) is 2.15. The molecule has 0 atom stereocenters. The lowest BCUT2D eigenvalue weighted by atomic mass is 10.1. The molecule has 2 heteroatoms. The maximum absolute atomic E-state index is 4.23. The number of hydrazone groups is 1. The largest absolute Gasteiger partial charge is 0.306 e. The van der Waals surface area contributed by atoms with E-state index in [2.05, 4.69) is 48.6 Å². The van der Waals surface area contributed by atoms with Crippen molar-refractivity contribution >= 4 is 5.71 Å². The van der Waals surface area contributed by atoms with Crippen LogP contribution in [0.1, 0.15) is 31.4 Å². The average molecular weight is 190 g/mol. The molecule has 2 nitrogen and oxygen atoms in total. The Morgan fingerprint density at radius 1 is 1.43 bits per heavy atom. The quantitative estimate of drug-likeness (QED) is 0.573. The lowest BCUT2D eigenvalue weighted by molar-refractivity contribution is 0.739. The molecule has 0 spiro atoms. The third-order valence-electron chi connectivity index (χ3n) is 2.15. The highest BCUT2D eigenvalue weighted by molar-refractivity contribution is 5.81. The first-order valence-corrected chi connectivity index (χ1v) is 5.04. The Morgan fingerprint density at radius 3 is 2.86 bits per heavy atom. The van der Waals surface area contributed by atoms with Gasteiger partial charge in [0.15, 0.2) is 0 Å². The van der Waals surface area contributed by atoms with E-state index in [0.717, 1.165) is 18.7 Å². The molecule has 0 aliphatic rings. The Labute approximate surface area is 86.0 Å². The summed E-state index contributed by atoms with van der Waals surface area (Å²) in [5, 5.41) is 4.23. The lowest BCUT2D eigenvalue weighted by Gasteiger charge is -2.03. The second kappa shape index (κ2) is 5.43. The van der Waals surface area contributed by atoms with Gasteiger partial charge in [0.05, 0.1) is 6.54 Å². The van der Waals surface area contributed by atoms with Crippen LogP contribution < -0.4 is 5.43 Å². The molecule has 1 aromatic rings. The molecule has 0 amide bonds. The number of aryl methyl sites for hydroxylation is 1. The van der Waals surface area contributed by atoms with Crippen molar-refractivity contribution in [2.75, 3.05) is 0 Å². The minimum Gasteiger partial charge on any atom is -0.306 e. The normalized spacial score (nSPS) is 11.5. The van der Waals surface area contributed by atoms with Gasteiger partial charge in [-0.1, -0.05) is 36.8 Å². The maximum Gasteiger partial charge on any atom is 0.0580 e. The van der Waals surface area contributed by atoms with E-state index in [1.54, 1.807) is 0 Å². The van der Waals surface area contributed by atoms with Crippen LogP contribution in [-0.2, 0) is 6.54 Å². The molecule has 0 heterocycles. The van der Waals surface area contributed by atoms with Crippen LogP contribution in [-0.4, -0.2) is 5.71 Å². The zero-order chi connectivity index (χ0) is 10.4. The van der Waals surface area contributed by atoms with Crippen LogP contribution in [0.15, 0.2) is 29.4 Å². The maximum atomic E-state index is 4.23. The number of nitrogens with one attached hydrogen (secondary N) is 1. The fourth-order valence-electron chi connectivity index (χ4n) is 1.17. The van der Waals surface area contributed by atoms with Crippen molar-refractivity contribution < 1.29 is 0 Å². The van der Waals surface area contributed by atoms with Gasteiger partial charge in [0.2, 0.25) is 0 Å². The van der Waals surface area contributed by atoms with Crippen LogP contribution in [0.2, 0.25) is 0 Å². The van der Waals surface area contributed by atoms with Crippen molar-refractivity contribution in [1.29, 1.82) is 0 Å². The number of nitrogens with zero attached hydrogens (tertiary/aromatic N) is 1. The topological polar surface area (TPSA) is 24.4 Å². The van der Waals surface area contributed by atoms with E-state index in [9.17, 15) is 0 Å². The Hall–Kier alpha value is -1.31. The van der Waals surface area contributed by atoms with Crippen molar-refractivity contribution in [3.05, 3.63) is 35.4 Å². The minimum atomic E-state index is 0.805. The van der Waals surface area contributed by atoms with Crippen molar-refractivity contribution in [2.45, 2.75) is 33.7 Å². The summed E-state index contributed by atoms with van der Waals surface area (Å²) in [6, 6.07) is 8.45. The van der Waals surface area contributed by atoms with E-state index in [4.69, 9.17) is 0 Å². The standard InChI is InChI=1S/C12H18N2/c1-4-11(3)14-13-9-12-7-5-6-10(2)8-12/h5-8,13H,4,9H2,1-3H3/b14-11+. The van der Waals surface area contributed by atoms with Gasteiger partial charge in [-0.15, -0.1) is 0 Å². The molecule has 0 bridgehead atoms. The second-order valence-electron chi connectivity index (χ2n) is 3.52. The van der Waals surface area contributed by atoms with Gasteiger partial charge in [0, 0.05) is 5.71 Å². The Balaban J connectivity index is 2.46. The molecule has 1 N–H and O–H groups in total. The molecule has 0 saturated heterocycles. The second-order valence-corrected chi connectivity index (χ2v) is 3.52. The van der Waals surface area contributed by atoms with E-state index >= 15 is 0 Å². The summed E-state index contributed by atoms with van der Waals surface area (Å²) in [4.78, 5) is 0. The SMILES string of the molecule is CC/C(C)=N/NCc1cccc(C)c1. The summed E-state index contributed by atoms with van der Waals surface area (Å²) in [6.45, 7) is 7.04. The van der Waals surface area contributed by atoms with Crippen LogP contribution >= 0.6 is 0 Å². The highest BCUT2D eigenvalue weighted by atomic mass is 15.3. The van der Waals surface area contributed by atoms with Crippen LogP contribution in [0, 0.1) is 6.92 Å². The first-order valence-electron chi connectivity index (χ1n) is 5.04. The van der Waals surface area contributed by atoms with Gasteiger partial charge in [-0.2, -0.15) is 5.10 Å². The molecule has 76 valence electrons. The molecule has 0 aromatic heterocycles. The molecule has 0 unspecified atom stereocenters. The Morgan fingerprint density at radius 2 is 2.21 bits per heavy atom. The Kier molecular flexibility index (Phi) is 4.17. The van der Waals surface area contributed by atoms with Gasteiger partial charge in [0.25, 0.3) is 0 Å². The zero-order valence-corrected chi connectivity index (χ0v) is 9.17. The first kappa shape index (κ1) is 10.8. The van der Waals surface area contributed by atoms with Gasteiger partial charge in [0.1, 0.15) is 0 Å². The average Bonchev–Trinajstić information content (AvgIpc) is 2.17. The van der Waals surface area contributed by atoms with E-state index in [0.29, 0.717) is 0 Å². The van der Waals surface area contributed by atoms with E-state index in [1.165, 1.54) is 11.1 Å². The van der Waals surface area contributed by atoms with Crippen LogP contribution in [0.25, 0.3) is 0 Å². The summed E-state index contributed by atoms with van der Waals surface area (Å²) < 4.78 is 0. The van der Waals surface area contributed by atoms with Gasteiger partial charge in [-0.25, -0.2) is 0 Å². The van der Waals surface area contributed by atoms with Crippen molar-refractivity contribution in [2.24, 2.45) is 5.10 Å². The molecular weight excluding hydrogens is 172 g/mol. The van der Waals surface area contributed by atoms with E-state index < -0.39 is 0 Å². The summed E-state index contributed by atoms with van der Waals surface area (Å²) in [5.41, 5.74) is 6.77. The zero-order valence-electron chi connectivity index (χ0n) is 9.17. The summed E-state index contributed by atoms with van der Waals surface area (Å²) in [6.07, 6.45) is 1.00. The predicted molar refractivity (Wildman–Crippen MR) is 61.4 cm³/mol. The van der Waals surface area contributed by atoms with Crippen LogP contribution in [0.3, 0.4) is 0 Å². The van der Waals surface area contributed by atoms with Crippen molar-refractivity contribution in [3.8, 4) is 0 Å². The van der Waals surface area contributed by atoms with Gasteiger partial charge in [-0.05, 0) is 25.8 Å². The number of hydrogen-bond acceptors (Lipinski definition) is 2. The summed E-state index contributed by atoms with van der Waals surface area (Å²) in [5.74, 6) is 0.